The summed E-state index contributed by atoms with van der Waals surface area (Å²) in [5, 5.41) is 4.19. The molecule has 16 heavy (non-hydrogen) atoms. The molecule has 3 heteroatoms. The summed E-state index contributed by atoms with van der Waals surface area (Å²) in [4.78, 5) is 0. The third-order valence-corrected chi connectivity index (χ3v) is 2.70. The van der Waals surface area contributed by atoms with Crippen molar-refractivity contribution in [1.82, 2.24) is 5.32 Å². The van der Waals surface area contributed by atoms with Crippen molar-refractivity contribution in [1.29, 1.82) is 0 Å². The van der Waals surface area contributed by atoms with Gasteiger partial charge in [0.2, 0.25) is 0 Å². The molecule has 0 spiro atoms. The highest BCUT2D eigenvalue weighted by Crippen LogP contribution is 2.09. The second kappa shape index (κ2) is 6.24. The standard InChI is InChI=1S/C13H21ClN2/c1-13(2,15)8-10-16-9-7-11-3-5-12(14)6-4-11/h3-6,16H,7-10,15H2,1-2H3. The summed E-state index contributed by atoms with van der Waals surface area (Å²) in [7, 11) is 0. The van der Waals surface area contributed by atoms with Gasteiger partial charge >= 0.3 is 0 Å². The Morgan fingerprint density at radius 2 is 1.81 bits per heavy atom. The minimum absolute atomic E-state index is 0.0761. The number of hydrogen-bond donors (Lipinski definition) is 2. The molecular formula is C13H21ClN2. The summed E-state index contributed by atoms with van der Waals surface area (Å²) >= 11 is 5.82. The second-order valence-corrected chi connectivity index (χ2v) is 5.30. The van der Waals surface area contributed by atoms with Crippen LogP contribution in [0.4, 0.5) is 0 Å². The fourth-order valence-electron chi connectivity index (χ4n) is 1.42. The summed E-state index contributed by atoms with van der Waals surface area (Å²) in [5.74, 6) is 0. The fraction of sp³-hybridized carbons (Fsp3) is 0.538. The van der Waals surface area contributed by atoms with Crippen LogP contribution in [0.2, 0.25) is 5.02 Å². The van der Waals surface area contributed by atoms with Crippen molar-refractivity contribution in [3.63, 3.8) is 0 Å². The average molecular weight is 241 g/mol. The van der Waals surface area contributed by atoms with E-state index < -0.39 is 0 Å². The summed E-state index contributed by atoms with van der Waals surface area (Å²) in [6, 6.07) is 7.99. The molecule has 0 aliphatic heterocycles. The van der Waals surface area contributed by atoms with Crippen LogP contribution in [-0.4, -0.2) is 18.6 Å². The lowest BCUT2D eigenvalue weighted by atomic mass is 10.0. The minimum Gasteiger partial charge on any atom is -0.326 e. The van der Waals surface area contributed by atoms with Crippen molar-refractivity contribution < 1.29 is 0 Å². The molecule has 0 aliphatic carbocycles. The Morgan fingerprint density at radius 3 is 2.38 bits per heavy atom. The Kier molecular flexibility index (Phi) is 5.26. The van der Waals surface area contributed by atoms with E-state index in [0.29, 0.717) is 0 Å². The molecule has 0 atom stereocenters. The summed E-state index contributed by atoms with van der Waals surface area (Å²) < 4.78 is 0. The lowest BCUT2D eigenvalue weighted by Crippen LogP contribution is -2.36. The van der Waals surface area contributed by atoms with Crippen LogP contribution in [-0.2, 0) is 6.42 Å². The average Bonchev–Trinajstić information content (AvgIpc) is 2.19. The highest BCUT2D eigenvalue weighted by atomic mass is 35.5. The van der Waals surface area contributed by atoms with E-state index in [1.807, 2.05) is 26.0 Å². The van der Waals surface area contributed by atoms with Gasteiger partial charge in [0.05, 0.1) is 0 Å². The first-order valence-corrected chi connectivity index (χ1v) is 6.09. The molecular weight excluding hydrogens is 220 g/mol. The molecule has 0 aromatic heterocycles. The Hall–Kier alpha value is -0.570. The van der Waals surface area contributed by atoms with Crippen LogP contribution >= 0.6 is 11.6 Å². The van der Waals surface area contributed by atoms with Crippen LogP contribution in [0.5, 0.6) is 0 Å². The molecule has 2 nitrogen and oxygen atoms in total. The Morgan fingerprint density at radius 1 is 1.19 bits per heavy atom. The maximum atomic E-state index is 5.89. The van der Waals surface area contributed by atoms with Crippen LogP contribution in [0.15, 0.2) is 24.3 Å². The molecule has 1 aromatic carbocycles. The number of hydrogen-bond acceptors (Lipinski definition) is 2. The number of nitrogens with one attached hydrogen (secondary N) is 1. The summed E-state index contributed by atoms with van der Waals surface area (Å²) in [5.41, 5.74) is 7.12. The van der Waals surface area contributed by atoms with Crippen LogP contribution < -0.4 is 11.1 Å². The molecule has 1 rings (SSSR count). The lowest BCUT2D eigenvalue weighted by Gasteiger charge is -2.18. The third kappa shape index (κ3) is 6.11. The smallest absolute Gasteiger partial charge is 0.0406 e. The quantitative estimate of drug-likeness (QED) is 0.751. The molecule has 0 fully saturated rings. The summed E-state index contributed by atoms with van der Waals surface area (Å²) in [6.07, 6.45) is 2.02. The molecule has 0 saturated heterocycles. The first-order valence-electron chi connectivity index (χ1n) is 5.71. The molecule has 3 N–H and O–H groups in total. The van der Waals surface area contributed by atoms with Gasteiger partial charge in [0.1, 0.15) is 0 Å². The summed E-state index contributed by atoms with van der Waals surface area (Å²) in [6.45, 7) is 6.05. The van der Waals surface area contributed by atoms with Crippen molar-refractivity contribution in [2.45, 2.75) is 32.2 Å². The second-order valence-electron chi connectivity index (χ2n) is 4.87. The van der Waals surface area contributed by atoms with E-state index in [9.17, 15) is 0 Å². The molecule has 0 saturated carbocycles. The predicted molar refractivity (Wildman–Crippen MR) is 70.9 cm³/mol. The van der Waals surface area contributed by atoms with Gasteiger partial charge in [-0.15, -0.1) is 0 Å². The van der Waals surface area contributed by atoms with Crippen LogP contribution in [0.3, 0.4) is 0 Å². The number of benzene rings is 1. The zero-order valence-electron chi connectivity index (χ0n) is 10.1. The highest BCUT2D eigenvalue weighted by molar-refractivity contribution is 6.30. The molecule has 0 bridgehead atoms. The van der Waals surface area contributed by atoms with Gasteiger partial charge in [-0.05, 0) is 57.5 Å². The van der Waals surface area contributed by atoms with Crippen LogP contribution in [0, 0.1) is 0 Å². The van der Waals surface area contributed by atoms with Crippen molar-refractivity contribution in [2.24, 2.45) is 5.73 Å². The normalized spacial score (nSPS) is 11.8. The van der Waals surface area contributed by atoms with E-state index in [2.05, 4.69) is 17.4 Å². The third-order valence-electron chi connectivity index (χ3n) is 2.45. The van der Waals surface area contributed by atoms with E-state index >= 15 is 0 Å². The van der Waals surface area contributed by atoms with E-state index in [0.717, 1.165) is 31.0 Å². The van der Waals surface area contributed by atoms with Crippen LogP contribution in [0.1, 0.15) is 25.8 Å². The van der Waals surface area contributed by atoms with Gasteiger partial charge in [-0.25, -0.2) is 0 Å². The van der Waals surface area contributed by atoms with Crippen molar-refractivity contribution in [2.75, 3.05) is 13.1 Å². The molecule has 90 valence electrons. The highest BCUT2D eigenvalue weighted by Gasteiger charge is 2.08. The van der Waals surface area contributed by atoms with Crippen LogP contribution in [0.25, 0.3) is 0 Å². The largest absolute Gasteiger partial charge is 0.326 e. The Bertz CT molecular complexity index is 301. The molecule has 0 radical (unpaired) electrons. The Labute approximate surface area is 103 Å². The van der Waals surface area contributed by atoms with Gasteiger partial charge in [-0.3, -0.25) is 0 Å². The molecule has 0 unspecified atom stereocenters. The lowest BCUT2D eigenvalue weighted by molar-refractivity contribution is 0.456. The maximum absolute atomic E-state index is 5.89. The first-order chi connectivity index (χ1) is 7.47. The zero-order chi connectivity index (χ0) is 12.0. The number of nitrogens with two attached hydrogens (primary N) is 1. The van der Waals surface area contributed by atoms with Gasteiger partial charge in [0, 0.05) is 10.6 Å². The fourth-order valence-corrected chi connectivity index (χ4v) is 1.55. The number of rotatable bonds is 6. The molecule has 0 amide bonds. The SMILES string of the molecule is CC(C)(N)CCNCCc1ccc(Cl)cc1. The van der Waals surface area contributed by atoms with Crippen molar-refractivity contribution >= 4 is 11.6 Å². The Balaban J connectivity index is 2.14. The van der Waals surface area contributed by atoms with E-state index in [1.165, 1.54) is 5.56 Å². The van der Waals surface area contributed by atoms with Gasteiger partial charge < -0.3 is 11.1 Å². The van der Waals surface area contributed by atoms with Crippen molar-refractivity contribution in [3.8, 4) is 0 Å². The van der Waals surface area contributed by atoms with Gasteiger partial charge in [-0.2, -0.15) is 0 Å². The maximum Gasteiger partial charge on any atom is 0.0406 e. The topological polar surface area (TPSA) is 38.0 Å². The van der Waals surface area contributed by atoms with Gasteiger partial charge in [-0.1, -0.05) is 23.7 Å². The first kappa shape index (κ1) is 13.5. The molecule has 0 aliphatic rings. The van der Waals surface area contributed by atoms with Gasteiger partial charge in [0.15, 0.2) is 0 Å². The van der Waals surface area contributed by atoms with E-state index in [4.69, 9.17) is 17.3 Å². The van der Waals surface area contributed by atoms with Crippen molar-refractivity contribution in [3.05, 3.63) is 34.9 Å². The molecule has 1 aromatic rings. The van der Waals surface area contributed by atoms with E-state index in [1.54, 1.807) is 0 Å². The molecule has 0 heterocycles. The predicted octanol–water partition coefficient (Wildman–Crippen LogP) is 2.60. The minimum atomic E-state index is -0.0761. The zero-order valence-corrected chi connectivity index (χ0v) is 10.8. The van der Waals surface area contributed by atoms with Gasteiger partial charge in [0.25, 0.3) is 0 Å². The monoisotopic (exact) mass is 240 g/mol. The van der Waals surface area contributed by atoms with E-state index in [-0.39, 0.29) is 5.54 Å². The number of halogens is 1.